The van der Waals surface area contributed by atoms with Crippen LogP contribution in [0.5, 0.6) is 0 Å². The summed E-state index contributed by atoms with van der Waals surface area (Å²) in [5, 5.41) is 9.39. The summed E-state index contributed by atoms with van der Waals surface area (Å²) >= 11 is 6.21. The van der Waals surface area contributed by atoms with E-state index in [9.17, 15) is 4.79 Å². The van der Waals surface area contributed by atoms with E-state index in [-0.39, 0.29) is 5.91 Å². The lowest BCUT2D eigenvalue weighted by atomic mass is 10.1. The number of halogens is 1. The van der Waals surface area contributed by atoms with Gasteiger partial charge < -0.3 is 4.90 Å². The maximum absolute atomic E-state index is 13.3. The minimum Gasteiger partial charge on any atom is -0.336 e. The Balaban J connectivity index is 1.73. The summed E-state index contributed by atoms with van der Waals surface area (Å²) in [6.07, 6.45) is 3.36. The first kappa shape index (κ1) is 19.0. The number of aryl methyl sites for hydroxylation is 1. The molecule has 0 saturated heterocycles. The Hall–Kier alpha value is -3.38. The van der Waals surface area contributed by atoms with Crippen LogP contribution in [0.15, 0.2) is 73.1 Å². The summed E-state index contributed by atoms with van der Waals surface area (Å²) in [6, 6.07) is 19.4. The molecule has 0 aliphatic heterocycles. The average Bonchev–Trinajstić information content (AvgIpc) is 3.34. The van der Waals surface area contributed by atoms with Gasteiger partial charge in [0.2, 0.25) is 0 Å². The van der Waals surface area contributed by atoms with E-state index >= 15 is 0 Å². The smallest absolute Gasteiger partial charge is 0.257 e. The summed E-state index contributed by atoms with van der Waals surface area (Å²) in [5.41, 5.74) is 3.72. The number of benzene rings is 2. The summed E-state index contributed by atoms with van der Waals surface area (Å²) in [4.78, 5) is 15.0. The van der Waals surface area contributed by atoms with Crippen LogP contribution in [-0.2, 0) is 13.6 Å². The Labute approximate surface area is 174 Å². The molecule has 6 nitrogen and oxygen atoms in total. The van der Waals surface area contributed by atoms with E-state index in [1.54, 1.807) is 33.7 Å². The highest BCUT2D eigenvalue weighted by Gasteiger charge is 2.23. The molecule has 0 bridgehead atoms. The number of rotatable bonds is 5. The molecular weight excluding hydrogens is 386 g/mol. The molecule has 0 N–H and O–H groups in total. The average molecular weight is 406 g/mol. The van der Waals surface area contributed by atoms with Crippen LogP contribution in [-0.4, -0.2) is 37.4 Å². The first-order valence-corrected chi connectivity index (χ1v) is 9.54. The molecule has 1 amide bonds. The molecule has 2 aromatic carbocycles. The second-order valence-electron chi connectivity index (χ2n) is 6.76. The lowest BCUT2D eigenvalue weighted by Crippen LogP contribution is -2.27. The number of nitrogens with zero attached hydrogens (tertiary/aromatic N) is 5. The second-order valence-corrected chi connectivity index (χ2v) is 7.17. The van der Waals surface area contributed by atoms with Gasteiger partial charge in [-0.3, -0.25) is 9.48 Å². The molecule has 0 fully saturated rings. The predicted molar refractivity (Wildman–Crippen MR) is 113 cm³/mol. The molecule has 0 saturated carbocycles. The van der Waals surface area contributed by atoms with Crippen LogP contribution in [0.1, 0.15) is 16.1 Å². The van der Waals surface area contributed by atoms with Crippen molar-refractivity contribution in [3.63, 3.8) is 0 Å². The number of amides is 1. The van der Waals surface area contributed by atoms with Crippen molar-refractivity contribution in [2.24, 2.45) is 7.05 Å². The van der Waals surface area contributed by atoms with Crippen molar-refractivity contribution in [2.75, 3.05) is 7.05 Å². The third-order valence-electron chi connectivity index (χ3n) is 4.76. The summed E-state index contributed by atoms with van der Waals surface area (Å²) in [6.45, 7) is 0.346. The van der Waals surface area contributed by atoms with Gasteiger partial charge in [-0.1, -0.05) is 60.1 Å². The predicted octanol–water partition coefficient (Wildman–Crippen LogP) is 4.20. The van der Waals surface area contributed by atoms with E-state index in [2.05, 4.69) is 5.10 Å². The van der Waals surface area contributed by atoms with Crippen LogP contribution < -0.4 is 0 Å². The Morgan fingerprint density at radius 1 is 1.07 bits per heavy atom. The minimum absolute atomic E-state index is 0.136. The van der Waals surface area contributed by atoms with Gasteiger partial charge in [0.1, 0.15) is 5.69 Å². The van der Waals surface area contributed by atoms with E-state index in [1.807, 2.05) is 67.7 Å². The van der Waals surface area contributed by atoms with Gasteiger partial charge in [-0.15, -0.1) is 0 Å². The summed E-state index contributed by atoms with van der Waals surface area (Å²) < 4.78 is 3.41. The Kier molecular flexibility index (Phi) is 5.18. The van der Waals surface area contributed by atoms with Crippen molar-refractivity contribution in [1.82, 2.24) is 24.5 Å². The molecule has 0 radical (unpaired) electrons. The lowest BCUT2D eigenvalue weighted by molar-refractivity contribution is 0.0783. The molecule has 2 aromatic heterocycles. The molecule has 0 aliphatic carbocycles. The number of hydrogen-bond donors (Lipinski definition) is 0. The molecule has 4 rings (SSSR count). The Bertz CT molecular complexity index is 1120. The highest BCUT2D eigenvalue weighted by molar-refractivity contribution is 6.31. The molecule has 0 aliphatic rings. The van der Waals surface area contributed by atoms with Gasteiger partial charge in [0.15, 0.2) is 0 Å². The quantitative estimate of drug-likeness (QED) is 0.500. The molecule has 4 aromatic rings. The van der Waals surface area contributed by atoms with Crippen molar-refractivity contribution in [3.8, 4) is 16.9 Å². The van der Waals surface area contributed by atoms with Crippen LogP contribution in [0, 0.1) is 0 Å². The van der Waals surface area contributed by atoms with Crippen molar-refractivity contribution in [1.29, 1.82) is 0 Å². The van der Waals surface area contributed by atoms with E-state index in [1.165, 1.54) is 0 Å². The SMILES string of the molecule is CN(Cc1c(Cl)cnn1C)C(=O)c1cn(-c2ccccc2)nc1-c1ccccc1. The standard InChI is InChI=1S/C22H20ClN5O/c1-26(15-20-19(23)13-24-27(20)2)22(29)18-14-28(17-11-7-4-8-12-17)25-21(18)16-9-5-3-6-10-16/h3-14H,15H2,1-2H3. The first-order chi connectivity index (χ1) is 14.0. The van der Waals surface area contributed by atoms with E-state index < -0.39 is 0 Å². The highest BCUT2D eigenvalue weighted by Crippen LogP contribution is 2.25. The normalized spacial score (nSPS) is 10.9. The molecule has 0 unspecified atom stereocenters. The monoisotopic (exact) mass is 405 g/mol. The fourth-order valence-electron chi connectivity index (χ4n) is 3.17. The Morgan fingerprint density at radius 2 is 1.72 bits per heavy atom. The maximum atomic E-state index is 13.3. The third kappa shape index (κ3) is 3.79. The highest BCUT2D eigenvalue weighted by atomic mass is 35.5. The summed E-state index contributed by atoms with van der Waals surface area (Å²) in [7, 11) is 3.56. The third-order valence-corrected chi connectivity index (χ3v) is 5.07. The molecule has 7 heteroatoms. The Morgan fingerprint density at radius 3 is 2.34 bits per heavy atom. The van der Waals surface area contributed by atoms with Gasteiger partial charge in [-0.2, -0.15) is 10.2 Å². The number of carbonyl (C=O) groups excluding carboxylic acids is 1. The zero-order valence-corrected chi connectivity index (χ0v) is 16.9. The second kappa shape index (κ2) is 7.93. The summed E-state index contributed by atoms with van der Waals surface area (Å²) in [5.74, 6) is -0.136. The van der Waals surface area contributed by atoms with Crippen molar-refractivity contribution < 1.29 is 4.79 Å². The maximum Gasteiger partial charge on any atom is 0.257 e. The fraction of sp³-hybridized carbons (Fsp3) is 0.136. The van der Waals surface area contributed by atoms with Gasteiger partial charge in [-0.25, -0.2) is 4.68 Å². The molecule has 0 spiro atoms. The van der Waals surface area contributed by atoms with Gasteiger partial charge >= 0.3 is 0 Å². The van der Waals surface area contributed by atoms with Gasteiger partial charge in [0.25, 0.3) is 5.91 Å². The van der Waals surface area contributed by atoms with Gasteiger partial charge in [-0.05, 0) is 12.1 Å². The first-order valence-electron chi connectivity index (χ1n) is 9.17. The number of carbonyl (C=O) groups is 1. The number of hydrogen-bond acceptors (Lipinski definition) is 3. The van der Waals surface area contributed by atoms with Crippen molar-refractivity contribution >= 4 is 17.5 Å². The molecule has 29 heavy (non-hydrogen) atoms. The van der Waals surface area contributed by atoms with E-state index in [0.29, 0.717) is 22.8 Å². The van der Waals surface area contributed by atoms with Crippen molar-refractivity contribution in [3.05, 3.63) is 89.3 Å². The number of para-hydroxylation sites is 1. The zero-order valence-electron chi connectivity index (χ0n) is 16.2. The van der Waals surface area contributed by atoms with Crippen molar-refractivity contribution in [2.45, 2.75) is 6.54 Å². The number of aromatic nitrogens is 4. The molecule has 0 atom stereocenters. The lowest BCUT2D eigenvalue weighted by Gasteiger charge is -2.17. The topological polar surface area (TPSA) is 56.0 Å². The van der Waals surface area contributed by atoms with Crippen LogP contribution in [0.4, 0.5) is 0 Å². The molecular formula is C22H20ClN5O. The van der Waals surface area contributed by atoms with Crippen LogP contribution in [0.25, 0.3) is 16.9 Å². The minimum atomic E-state index is -0.136. The zero-order chi connectivity index (χ0) is 20.4. The van der Waals surface area contributed by atoms with Crippen LogP contribution in [0.2, 0.25) is 5.02 Å². The van der Waals surface area contributed by atoms with Gasteiger partial charge in [0.05, 0.1) is 34.7 Å². The van der Waals surface area contributed by atoms with Crippen LogP contribution in [0.3, 0.4) is 0 Å². The van der Waals surface area contributed by atoms with E-state index in [0.717, 1.165) is 16.9 Å². The molecule has 2 heterocycles. The fourth-order valence-corrected chi connectivity index (χ4v) is 3.39. The van der Waals surface area contributed by atoms with Gasteiger partial charge in [0, 0.05) is 25.9 Å². The van der Waals surface area contributed by atoms with Crippen LogP contribution >= 0.6 is 11.6 Å². The van der Waals surface area contributed by atoms with E-state index in [4.69, 9.17) is 16.7 Å². The largest absolute Gasteiger partial charge is 0.336 e. The molecule has 146 valence electrons.